The zero-order valence-corrected chi connectivity index (χ0v) is 13.0. The first-order valence-corrected chi connectivity index (χ1v) is 7.49. The molecule has 1 aliphatic heterocycles. The second kappa shape index (κ2) is 4.90. The van der Waals surface area contributed by atoms with E-state index in [1.165, 1.54) is 4.57 Å². The van der Waals surface area contributed by atoms with Gasteiger partial charge >= 0.3 is 0 Å². The van der Waals surface area contributed by atoms with Gasteiger partial charge in [-0.3, -0.25) is 24.3 Å². The van der Waals surface area contributed by atoms with Crippen LogP contribution in [0.3, 0.4) is 0 Å². The third-order valence-corrected chi connectivity index (χ3v) is 4.63. The zero-order chi connectivity index (χ0) is 16.1. The second-order valence-corrected chi connectivity index (χ2v) is 6.20. The number of carbonyl (C=O) groups is 2. The molecule has 2 heterocycles. The molecule has 0 saturated carbocycles. The van der Waals surface area contributed by atoms with Crippen LogP contribution in [-0.4, -0.2) is 21.4 Å². The summed E-state index contributed by atoms with van der Waals surface area (Å²) in [5.74, 6) is -0.214. The van der Waals surface area contributed by atoms with Crippen LogP contribution in [-0.2, 0) is 21.5 Å². The van der Waals surface area contributed by atoms with Crippen LogP contribution in [0, 0.1) is 6.92 Å². The molecule has 3 rings (SSSR count). The van der Waals surface area contributed by atoms with Gasteiger partial charge in [0.15, 0.2) is 0 Å². The predicted octanol–water partition coefficient (Wildman–Crippen LogP) is 1.05. The molecule has 1 fully saturated rings. The Bertz CT molecular complexity index is 776. The molecule has 116 valence electrons. The van der Waals surface area contributed by atoms with Crippen molar-refractivity contribution in [2.45, 2.75) is 52.0 Å². The summed E-state index contributed by atoms with van der Waals surface area (Å²) in [6.07, 6.45) is 4.17. The van der Waals surface area contributed by atoms with Crippen molar-refractivity contribution in [1.29, 1.82) is 0 Å². The number of imide groups is 1. The minimum absolute atomic E-state index is 0.192. The lowest BCUT2D eigenvalue weighted by atomic mass is 9.89. The normalized spacial score (nSPS) is 24.6. The molecule has 1 aromatic rings. The number of aromatic nitrogens is 2. The fourth-order valence-electron chi connectivity index (χ4n) is 3.38. The third-order valence-electron chi connectivity index (χ3n) is 4.63. The van der Waals surface area contributed by atoms with E-state index in [1.807, 2.05) is 13.0 Å². The first kappa shape index (κ1) is 14.7. The van der Waals surface area contributed by atoms with Gasteiger partial charge in [0.2, 0.25) is 5.91 Å². The summed E-state index contributed by atoms with van der Waals surface area (Å²) in [6, 6.07) is 0. The molecule has 0 bridgehead atoms. The third kappa shape index (κ3) is 2.01. The number of allylic oxidation sites excluding steroid dienone is 2. The fourth-order valence-corrected chi connectivity index (χ4v) is 3.38. The van der Waals surface area contributed by atoms with Crippen LogP contribution in [0.4, 0.5) is 0 Å². The molecule has 1 saturated heterocycles. The Morgan fingerprint density at radius 3 is 2.64 bits per heavy atom. The molecule has 0 radical (unpaired) electrons. The van der Waals surface area contributed by atoms with Crippen LogP contribution in [0.1, 0.15) is 50.2 Å². The number of rotatable bonds is 1. The predicted molar refractivity (Wildman–Crippen MR) is 81.2 cm³/mol. The maximum Gasteiger partial charge on any atom is 0.262 e. The van der Waals surface area contributed by atoms with Crippen LogP contribution >= 0.6 is 0 Å². The topological polar surface area (TPSA) is 81.1 Å². The molecule has 0 spiro atoms. The minimum atomic E-state index is -1.07. The highest BCUT2D eigenvalue weighted by Crippen LogP contribution is 2.28. The quantitative estimate of drug-likeness (QED) is 0.786. The lowest BCUT2D eigenvalue weighted by Gasteiger charge is -2.35. The van der Waals surface area contributed by atoms with Gasteiger partial charge in [0, 0.05) is 6.42 Å². The van der Waals surface area contributed by atoms with E-state index in [4.69, 9.17) is 0 Å². The Morgan fingerprint density at radius 2 is 1.95 bits per heavy atom. The molecule has 1 atom stereocenters. The summed E-state index contributed by atoms with van der Waals surface area (Å²) < 4.78 is 1.45. The smallest absolute Gasteiger partial charge is 0.262 e. The number of carbonyl (C=O) groups excluding carboxylic acids is 2. The molecule has 1 N–H and O–H groups in total. The summed E-state index contributed by atoms with van der Waals surface area (Å²) in [4.78, 5) is 41.3. The Kier molecular flexibility index (Phi) is 3.27. The molecule has 0 unspecified atom stereocenters. The highest BCUT2D eigenvalue weighted by molar-refractivity contribution is 6.01. The van der Waals surface area contributed by atoms with E-state index in [2.05, 4.69) is 10.3 Å². The Morgan fingerprint density at radius 1 is 1.23 bits per heavy atom. The first-order valence-electron chi connectivity index (χ1n) is 7.49. The zero-order valence-electron chi connectivity index (χ0n) is 13.0. The van der Waals surface area contributed by atoms with E-state index >= 15 is 0 Å². The van der Waals surface area contributed by atoms with Gasteiger partial charge in [-0.2, -0.15) is 0 Å². The fraction of sp³-hybridized carbons (Fsp3) is 0.500. The van der Waals surface area contributed by atoms with E-state index in [0.29, 0.717) is 17.8 Å². The van der Waals surface area contributed by atoms with Crippen LogP contribution in [0.25, 0.3) is 5.57 Å². The molecule has 2 aliphatic rings. The van der Waals surface area contributed by atoms with Crippen molar-refractivity contribution in [1.82, 2.24) is 14.9 Å². The molecule has 2 amide bonds. The maximum atomic E-state index is 13.0. The molecular formula is C16H19N3O3. The van der Waals surface area contributed by atoms with Crippen molar-refractivity contribution in [3.05, 3.63) is 33.5 Å². The number of piperidine rings is 1. The van der Waals surface area contributed by atoms with Gasteiger partial charge in [0.1, 0.15) is 11.4 Å². The summed E-state index contributed by atoms with van der Waals surface area (Å²) >= 11 is 0. The highest BCUT2D eigenvalue weighted by atomic mass is 16.2. The first-order chi connectivity index (χ1) is 10.3. The Hall–Kier alpha value is -2.24. The summed E-state index contributed by atoms with van der Waals surface area (Å²) in [6.45, 7) is 5.33. The number of aryl methyl sites for hydroxylation is 2. The van der Waals surface area contributed by atoms with E-state index in [9.17, 15) is 14.4 Å². The molecular weight excluding hydrogens is 282 g/mol. The monoisotopic (exact) mass is 301 g/mol. The van der Waals surface area contributed by atoms with Gasteiger partial charge in [0.25, 0.3) is 11.5 Å². The van der Waals surface area contributed by atoms with E-state index in [0.717, 1.165) is 24.1 Å². The van der Waals surface area contributed by atoms with Crippen LogP contribution in [0.5, 0.6) is 0 Å². The number of amides is 2. The number of fused-ring (bicyclic) bond motifs is 1. The van der Waals surface area contributed by atoms with E-state index < -0.39 is 11.4 Å². The number of nitrogens with zero attached hydrogens (tertiary/aromatic N) is 2. The molecule has 6 heteroatoms. The lowest BCUT2D eigenvalue weighted by Crippen LogP contribution is -2.57. The Balaban J connectivity index is 2.23. The van der Waals surface area contributed by atoms with Crippen molar-refractivity contribution in [3.8, 4) is 0 Å². The second-order valence-electron chi connectivity index (χ2n) is 6.20. The molecule has 1 aliphatic carbocycles. The van der Waals surface area contributed by atoms with Gasteiger partial charge in [0.05, 0.1) is 11.3 Å². The van der Waals surface area contributed by atoms with Crippen molar-refractivity contribution in [2.24, 2.45) is 0 Å². The van der Waals surface area contributed by atoms with Gasteiger partial charge in [-0.15, -0.1) is 0 Å². The lowest BCUT2D eigenvalue weighted by molar-refractivity contribution is -0.140. The van der Waals surface area contributed by atoms with Crippen LogP contribution < -0.4 is 10.9 Å². The van der Waals surface area contributed by atoms with E-state index in [1.54, 1.807) is 13.8 Å². The van der Waals surface area contributed by atoms with Crippen molar-refractivity contribution < 1.29 is 9.59 Å². The van der Waals surface area contributed by atoms with Crippen molar-refractivity contribution >= 4 is 17.4 Å². The average Bonchev–Trinajstić information content (AvgIpc) is 2.43. The summed E-state index contributed by atoms with van der Waals surface area (Å²) in [5.41, 5.74) is 1.04. The standard InChI is InChI=1S/C16H19N3O3/c1-9-5-4-6-11-13(9)14(21)19(10(2)17-11)16(3)8-7-12(20)18-15(16)22/h5H,4,6-8H2,1-3H3,(H,18,20,22)/t16-/m0/s1. The molecule has 1 aromatic heterocycles. The van der Waals surface area contributed by atoms with Gasteiger partial charge in [-0.25, -0.2) is 4.98 Å². The minimum Gasteiger partial charge on any atom is -0.294 e. The maximum absolute atomic E-state index is 13.0. The molecule has 0 aromatic carbocycles. The van der Waals surface area contributed by atoms with Gasteiger partial charge in [-0.1, -0.05) is 6.08 Å². The number of nitrogens with one attached hydrogen (secondary N) is 1. The molecule has 6 nitrogen and oxygen atoms in total. The Labute approximate surface area is 128 Å². The number of hydrogen-bond donors (Lipinski definition) is 1. The summed E-state index contributed by atoms with van der Waals surface area (Å²) in [5, 5.41) is 2.33. The average molecular weight is 301 g/mol. The SMILES string of the molecule is CC1=CCCc2nc(C)n([C@@]3(C)CCC(=O)NC3=O)c(=O)c21. The molecule has 22 heavy (non-hydrogen) atoms. The van der Waals surface area contributed by atoms with Crippen molar-refractivity contribution in [2.75, 3.05) is 0 Å². The van der Waals surface area contributed by atoms with E-state index in [-0.39, 0.29) is 17.9 Å². The van der Waals surface area contributed by atoms with Crippen molar-refractivity contribution in [3.63, 3.8) is 0 Å². The summed E-state index contributed by atoms with van der Waals surface area (Å²) in [7, 11) is 0. The van der Waals surface area contributed by atoms with Crippen LogP contribution in [0.15, 0.2) is 10.9 Å². The number of hydrogen-bond acceptors (Lipinski definition) is 4. The van der Waals surface area contributed by atoms with Gasteiger partial charge < -0.3 is 0 Å². The van der Waals surface area contributed by atoms with Crippen LogP contribution in [0.2, 0.25) is 0 Å². The largest absolute Gasteiger partial charge is 0.294 e. The van der Waals surface area contributed by atoms with Gasteiger partial charge in [-0.05, 0) is 45.6 Å². The highest BCUT2D eigenvalue weighted by Gasteiger charge is 2.42.